The molecule has 9 heteroatoms. The van der Waals surface area contributed by atoms with Crippen molar-refractivity contribution in [2.24, 2.45) is 0 Å². The molecule has 0 bridgehead atoms. The molecular formula is C14H16FN3O4S. The van der Waals surface area contributed by atoms with Gasteiger partial charge < -0.3 is 0 Å². The third-order valence-corrected chi connectivity index (χ3v) is 5.48. The minimum atomic E-state index is -3.96. The summed E-state index contributed by atoms with van der Waals surface area (Å²) in [7, 11) is -3.96. The average Bonchev–Trinajstić information content (AvgIpc) is 2.52. The predicted molar refractivity (Wildman–Crippen MR) is 81.7 cm³/mol. The van der Waals surface area contributed by atoms with E-state index in [4.69, 9.17) is 6.42 Å². The second-order valence-electron chi connectivity index (χ2n) is 5.10. The van der Waals surface area contributed by atoms with E-state index >= 15 is 0 Å². The number of nitro groups is 1. The van der Waals surface area contributed by atoms with E-state index in [1.54, 1.807) is 0 Å². The molecule has 0 amide bonds. The number of halogens is 1. The molecule has 0 saturated carbocycles. The first-order valence-corrected chi connectivity index (χ1v) is 8.39. The fourth-order valence-corrected chi connectivity index (χ4v) is 3.84. The molecule has 1 aliphatic heterocycles. The zero-order chi connectivity index (χ0) is 17.0. The standard InChI is InChI=1S/C14H16FN3O4S/c1-2-3-4-16-5-7-17(8-6-16)23(21,22)14-10-12(15)9-13(11-14)18(19)20/h1,9-11H,3-8H2. The zero-order valence-corrected chi connectivity index (χ0v) is 13.1. The van der Waals surface area contributed by atoms with E-state index < -0.39 is 31.3 Å². The quantitative estimate of drug-likeness (QED) is 0.454. The Balaban J connectivity index is 2.17. The van der Waals surface area contributed by atoms with Crippen LogP contribution in [0.15, 0.2) is 23.1 Å². The molecule has 0 radical (unpaired) electrons. The molecule has 0 spiro atoms. The second kappa shape index (κ2) is 7.04. The average molecular weight is 341 g/mol. The highest BCUT2D eigenvalue weighted by Crippen LogP contribution is 2.23. The molecule has 1 heterocycles. The third-order valence-electron chi connectivity index (χ3n) is 3.61. The van der Waals surface area contributed by atoms with Gasteiger partial charge in [0.25, 0.3) is 5.69 Å². The van der Waals surface area contributed by atoms with E-state index in [2.05, 4.69) is 5.92 Å². The van der Waals surface area contributed by atoms with Gasteiger partial charge in [-0.15, -0.1) is 12.3 Å². The molecule has 124 valence electrons. The molecule has 2 rings (SSSR count). The van der Waals surface area contributed by atoms with Crippen LogP contribution in [0.1, 0.15) is 6.42 Å². The van der Waals surface area contributed by atoms with Crippen molar-refractivity contribution in [3.63, 3.8) is 0 Å². The van der Waals surface area contributed by atoms with Crippen LogP contribution in [0, 0.1) is 28.3 Å². The van der Waals surface area contributed by atoms with Crippen LogP contribution in [0.2, 0.25) is 0 Å². The molecule has 1 aromatic carbocycles. The van der Waals surface area contributed by atoms with Crippen LogP contribution < -0.4 is 0 Å². The van der Waals surface area contributed by atoms with Gasteiger partial charge in [-0.2, -0.15) is 4.31 Å². The highest BCUT2D eigenvalue weighted by atomic mass is 32.2. The van der Waals surface area contributed by atoms with Gasteiger partial charge in [0, 0.05) is 45.2 Å². The van der Waals surface area contributed by atoms with Gasteiger partial charge in [-0.25, -0.2) is 12.8 Å². The summed E-state index contributed by atoms with van der Waals surface area (Å²) in [5.41, 5.74) is -0.587. The minimum Gasteiger partial charge on any atom is -0.300 e. The van der Waals surface area contributed by atoms with Gasteiger partial charge >= 0.3 is 0 Å². The maximum Gasteiger partial charge on any atom is 0.273 e. The number of hydrogen-bond donors (Lipinski definition) is 0. The van der Waals surface area contributed by atoms with E-state index in [1.165, 1.54) is 4.31 Å². The van der Waals surface area contributed by atoms with Crippen molar-refractivity contribution in [3.8, 4) is 12.3 Å². The Hall–Kier alpha value is -2.02. The van der Waals surface area contributed by atoms with E-state index in [-0.39, 0.29) is 13.1 Å². The Morgan fingerprint density at radius 3 is 2.48 bits per heavy atom. The van der Waals surface area contributed by atoms with Crippen molar-refractivity contribution in [1.29, 1.82) is 0 Å². The zero-order valence-electron chi connectivity index (χ0n) is 12.3. The third kappa shape index (κ3) is 4.04. The Morgan fingerprint density at radius 1 is 1.26 bits per heavy atom. The summed E-state index contributed by atoms with van der Waals surface area (Å²) in [6.07, 6.45) is 5.78. The summed E-state index contributed by atoms with van der Waals surface area (Å²) >= 11 is 0. The monoisotopic (exact) mass is 341 g/mol. The van der Waals surface area contributed by atoms with Crippen molar-refractivity contribution in [3.05, 3.63) is 34.1 Å². The van der Waals surface area contributed by atoms with Gasteiger partial charge in [0.1, 0.15) is 5.82 Å². The van der Waals surface area contributed by atoms with Gasteiger partial charge in [0.2, 0.25) is 10.0 Å². The summed E-state index contributed by atoms with van der Waals surface area (Å²) in [5.74, 6) is 1.57. The van der Waals surface area contributed by atoms with Crippen LogP contribution >= 0.6 is 0 Å². The normalized spacial score (nSPS) is 16.9. The molecule has 0 aromatic heterocycles. The maximum absolute atomic E-state index is 13.5. The van der Waals surface area contributed by atoms with E-state index in [0.717, 1.165) is 12.1 Å². The van der Waals surface area contributed by atoms with Crippen LogP contribution in [0.4, 0.5) is 10.1 Å². The minimum absolute atomic E-state index is 0.233. The summed E-state index contributed by atoms with van der Waals surface area (Å²) in [6, 6.07) is 2.37. The molecular weight excluding hydrogens is 325 g/mol. The second-order valence-corrected chi connectivity index (χ2v) is 7.04. The Kier molecular flexibility index (Phi) is 5.30. The van der Waals surface area contributed by atoms with Gasteiger partial charge in [-0.1, -0.05) is 0 Å². The molecule has 1 saturated heterocycles. The number of nitro benzene ring substituents is 1. The smallest absolute Gasteiger partial charge is 0.273 e. The fraction of sp³-hybridized carbons (Fsp3) is 0.429. The Morgan fingerprint density at radius 2 is 1.91 bits per heavy atom. The van der Waals surface area contributed by atoms with Crippen molar-refractivity contribution in [1.82, 2.24) is 9.21 Å². The van der Waals surface area contributed by atoms with Crippen LogP contribution in [-0.2, 0) is 10.0 Å². The largest absolute Gasteiger partial charge is 0.300 e. The van der Waals surface area contributed by atoms with Gasteiger partial charge in [0.15, 0.2) is 0 Å². The van der Waals surface area contributed by atoms with Crippen molar-refractivity contribution >= 4 is 15.7 Å². The van der Waals surface area contributed by atoms with Crippen LogP contribution in [-0.4, -0.2) is 55.3 Å². The lowest BCUT2D eigenvalue weighted by Gasteiger charge is -2.33. The van der Waals surface area contributed by atoms with Crippen LogP contribution in [0.25, 0.3) is 0 Å². The molecule has 23 heavy (non-hydrogen) atoms. The molecule has 1 aliphatic rings. The number of sulfonamides is 1. The number of hydrogen-bond acceptors (Lipinski definition) is 5. The van der Waals surface area contributed by atoms with Crippen LogP contribution in [0.5, 0.6) is 0 Å². The van der Waals surface area contributed by atoms with E-state index in [0.29, 0.717) is 32.1 Å². The molecule has 0 N–H and O–H groups in total. The Labute approximate surface area is 133 Å². The summed E-state index contributed by atoms with van der Waals surface area (Å²) in [5, 5.41) is 10.8. The van der Waals surface area contributed by atoms with Crippen LogP contribution in [0.3, 0.4) is 0 Å². The number of terminal acetylenes is 1. The summed E-state index contributed by atoms with van der Waals surface area (Å²) < 4.78 is 39.7. The van der Waals surface area contributed by atoms with E-state index in [9.17, 15) is 22.9 Å². The van der Waals surface area contributed by atoms with Crippen molar-refractivity contribution in [2.45, 2.75) is 11.3 Å². The number of nitrogens with zero attached hydrogens (tertiary/aromatic N) is 3. The topological polar surface area (TPSA) is 83.8 Å². The first-order chi connectivity index (χ1) is 10.8. The van der Waals surface area contributed by atoms with Gasteiger partial charge in [0.05, 0.1) is 15.9 Å². The lowest BCUT2D eigenvalue weighted by atomic mass is 10.3. The molecule has 7 nitrogen and oxygen atoms in total. The maximum atomic E-state index is 13.5. The number of rotatable bonds is 5. The number of benzene rings is 1. The highest BCUT2D eigenvalue weighted by molar-refractivity contribution is 7.89. The van der Waals surface area contributed by atoms with Crippen molar-refractivity contribution < 1.29 is 17.7 Å². The molecule has 1 fully saturated rings. The Bertz CT molecular complexity index is 737. The fourth-order valence-electron chi connectivity index (χ4n) is 2.37. The first kappa shape index (κ1) is 17.3. The highest BCUT2D eigenvalue weighted by Gasteiger charge is 2.30. The molecule has 0 unspecified atom stereocenters. The summed E-state index contributed by atoms with van der Waals surface area (Å²) in [4.78, 5) is 11.6. The number of piperazine rings is 1. The first-order valence-electron chi connectivity index (χ1n) is 6.95. The predicted octanol–water partition coefficient (Wildman–Crippen LogP) is 1.06. The van der Waals surface area contributed by atoms with Gasteiger partial charge in [-0.3, -0.25) is 15.0 Å². The lowest BCUT2D eigenvalue weighted by Crippen LogP contribution is -2.48. The molecule has 1 aromatic rings. The van der Waals surface area contributed by atoms with Crippen molar-refractivity contribution in [2.75, 3.05) is 32.7 Å². The number of non-ortho nitro benzene ring substituents is 1. The van der Waals surface area contributed by atoms with E-state index in [1.807, 2.05) is 4.90 Å². The SMILES string of the molecule is C#CCCN1CCN(S(=O)(=O)c2cc(F)cc([N+](=O)[O-])c2)CC1. The molecule has 0 atom stereocenters. The van der Waals surface area contributed by atoms with Gasteiger partial charge in [-0.05, 0) is 6.07 Å². The lowest BCUT2D eigenvalue weighted by molar-refractivity contribution is -0.385. The molecule has 0 aliphatic carbocycles. The summed E-state index contributed by atoms with van der Waals surface area (Å²) in [6.45, 7) is 2.18.